The minimum absolute atomic E-state index is 0.252. The second kappa shape index (κ2) is 10.1. The number of hydrogen-bond donors (Lipinski definition) is 1. The van der Waals surface area contributed by atoms with Crippen molar-refractivity contribution >= 4 is 17.8 Å². The second-order valence-electron chi connectivity index (χ2n) is 9.21. The van der Waals surface area contributed by atoms with Gasteiger partial charge in [-0.3, -0.25) is 14.6 Å². The Morgan fingerprint density at radius 1 is 1.15 bits per heavy atom. The standard InChI is InChI=1S/C21H29N3O2.C2HF3O2/c1-16-4-2-5-18(22-16)15-24-11-3-8-21(20(24)26)9-12-23(13-10-21)19(25)14-17-6-7-17;3-2(4,5)1(6)7/h2,4-5,17H,3,6-15H2,1H3;(H,6,7). The molecule has 2 amide bonds. The Balaban J connectivity index is 0.000000383. The topological polar surface area (TPSA) is 90.8 Å². The van der Waals surface area contributed by atoms with E-state index in [4.69, 9.17) is 9.90 Å². The van der Waals surface area contributed by atoms with Gasteiger partial charge in [-0.15, -0.1) is 0 Å². The summed E-state index contributed by atoms with van der Waals surface area (Å²) in [5, 5.41) is 7.12. The van der Waals surface area contributed by atoms with Crippen LogP contribution in [-0.4, -0.2) is 63.5 Å². The van der Waals surface area contributed by atoms with Crippen molar-refractivity contribution in [2.75, 3.05) is 19.6 Å². The average molecular weight is 470 g/mol. The lowest BCUT2D eigenvalue weighted by molar-refractivity contribution is -0.192. The fourth-order valence-corrected chi connectivity index (χ4v) is 4.53. The fourth-order valence-electron chi connectivity index (χ4n) is 4.53. The molecule has 4 rings (SSSR count). The number of rotatable bonds is 4. The molecule has 2 saturated heterocycles. The van der Waals surface area contributed by atoms with E-state index in [0.717, 1.165) is 56.7 Å². The van der Waals surface area contributed by atoms with Crippen LogP contribution < -0.4 is 0 Å². The highest BCUT2D eigenvalue weighted by atomic mass is 19.4. The number of carboxylic acid groups (broad SMARTS) is 1. The van der Waals surface area contributed by atoms with Crippen LogP contribution in [0.25, 0.3) is 0 Å². The molecule has 10 heteroatoms. The predicted molar refractivity (Wildman–Crippen MR) is 113 cm³/mol. The minimum atomic E-state index is -5.08. The fraction of sp³-hybridized carbons (Fsp3) is 0.652. The highest BCUT2D eigenvalue weighted by Gasteiger charge is 2.46. The number of carbonyl (C=O) groups excluding carboxylic acids is 2. The summed E-state index contributed by atoms with van der Waals surface area (Å²) in [6.07, 6.45) is 1.71. The maximum atomic E-state index is 13.3. The van der Waals surface area contributed by atoms with Crippen LogP contribution in [0.3, 0.4) is 0 Å². The van der Waals surface area contributed by atoms with E-state index in [1.54, 1.807) is 0 Å². The molecule has 0 unspecified atom stereocenters. The van der Waals surface area contributed by atoms with E-state index in [-0.39, 0.29) is 11.3 Å². The van der Waals surface area contributed by atoms with Gasteiger partial charge in [-0.2, -0.15) is 13.2 Å². The smallest absolute Gasteiger partial charge is 0.475 e. The largest absolute Gasteiger partial charge is 0.490 e. The zero-order chi connectivity index (χ0) is 24.2. The third kappa shape index (κ3) is 6.68. The lowest BCUT2D eigenvalue weighted by atomic mass is 9.71. The number of halogens is 3. The number of hydrogen-bond acceptors (Lipinski definition) is 4. The molecule has 1 aromatic rings. The van der Waals surface area contributed by atoms with E-state index in [1.165, 1.54) is 12.8 Å². The van der Waals surface area contributed by atoms with E-state index in [2.05, 4.69) is 4.98 Å². The van der Waals surface area contributed by atoms with Crippen molar-refractivity contribution in [3.05, 3.63) is 29.6 Å². The molecule has 2 aliphatic heterocycles. The number of likely N-dealkylation sites (tertiary alicyclic amines) is 2. The van der Waals surface area contributed by atoms with Crippen molar-refractivity contribution in [2.24, 2.45) is 11.3 Å². The first-order chi connectivity index (χ1) is 15.5. The highest BCUT2D eigenvalue weighted by molar-refractivity contribution is 5.84. The Morgan fingerprint density at radius 2 is 1.79 bits per heavy atom. The zero-order valence-corrected chi connectivity index (χ0v) is 18.7. The van der Waals surface area contributed by atoms with Crippen LogP contribution in [0.2, 0.25) is 0 Å². The monoisotopic (exact) mass is 469 g/mol. The van der Waals surface area contributed by atoms with Gasteiger partial charge in [-0.25, -0.2) is 4.79 Å². The van der Waals surface area contributed by atoms with Gasteiger partial charge < -0.3 is 14.9 Å². The van der Waals surface area contributed by atoms with Gasteiger partial charge in [-0.05, 0) is 63.5 Å². The van der Waals surface area contributed by atoms with Crippen LogP contribution >= 0.6 is 0 Å². The summed E-state index contributed by atoms with van der Waals surface area (Å²) in [4.78, 5) is 43.1. The number of carbonyl (C=O) groups is 3. The summed E-state index contributed by atoms with van der Waals surface area (Å²) in [6, 6.07) is 5.99. The quantitative estimate of drug-likeness (QED) is 0.728. The van der Waals surface area contributed by atoms with Crippen molar-refractivity contribution in [2.45, 2.75) is 64.6 Å². The Labute approximate surface area is 191 Å². The molecular formula is C23H30F3N3O4. The number of amides is 2. The molecule has 7 nitrogen and oxygen atoms in total. The zero-order valence-electron chi connectivity index (χ0n) is 18.7. The molecule has 3 aliphatic rings. The van der Waals surface area contributed by atoms with Crippen LogP contribution in [0.5, 0.6) is 0 Å². The number of piperidine rings is 2. The molecule has 1 aromatic heterocycles. The summed E-state index contributed by atoms with van der Waals surface area (Å²) in [6.45, 7) is 4.90. The number of pyridine rings is 1. The van der Waals surface area contributed by atoms with Crippen LogP contribution in [0.15, 0.2) is 18.2 Å². The van der Waals surface area contributed by atoms with E-state index < -0.39 is 12.1 Å². The third-order valence-electron chi connectivity index (χ3n) is 6.60. The average Bonchev–Trinajstić information content (AvgIpc) is 3.56. The molecule has 3 fully saturated rings. The molecule has 1 aliphatic carbocycles. The molecular weight excluding hydrogens is 439 g/mol. The van der Waals surface area contributed by atoms with Crippen molar-refractivity contribution in [3.63, 3.8) is 0 Å². The van der Waals surface area contributed by atoms with Crippen LogP contribution in [0.1, 0.15) is 56.3 Å². The number of aliphatic carboxylic acids is 1. The molecule has 0 atom stereocenters. The van der Waals surface area contributed by atoms with Gasteiger partial charge in [0.05, 0.1) is 17.7 Å². The summed E-state index contributed by atoms with van der Waals surface area (Å²) in [5.74, 6) is -1.55. The maximum Gasteiger partial charge on any atom is 0.490 e. The van der Waals surface area contributed by atoms with Gasteiger partial charge in [0, 0.05) is 31.7 Å². The molecule has 33 heavy (non-hydrogen) atoms. The van der Waals surface area contributed by atoms with E-state index in [1.807, 2.05) is 34.9 Å². The predicted octanol–water partition coefficient (Wildman–Crippen LogP) is 3.55. The van der Waals surface area contributed by atoms with Gasteiger partial charge in [0.25, 0.3) is 0 Å². The van der Waals surface area contributed by atoms with Gasteiger partial charge in [-0.1, -0.05) is 6.07 Å². The summed E-state index contributed by atoms with van der Waals surface area (Å²) in [7, 11) is 0. The Kier molecular flexibility index (Phi) is 7.64. The number of nitrogens with zero attached hydrogens (tertiary/aromatic N) is 3. The molecule has 3 heterocycles. The summed E-state index contributed by atoms with van der Waals surface area (Å²) in [5.41, 5.74) is 1.70. The number of aryl methyl sites for hydroxylation is 1. The second-order valence-corrected chi connectivity index (χ2v) is 9.21. The third-order valence-corrected chi connectivity index (χ3v) is 6.60. The van der Waals surface area contributed by atoms with Crippen molar-refractivity contribution < 1.29 is 32.7 Å². The number of carboxylic acids is 1. The van der Waals surface area contributed by atoms with Crippen molar-refractivity contribution in [3.8, 4) is 0 Å². The first-order valence-electron chi connectivity index (χ1n) is 11.3. The Bertz CT molecular complexity index is 878. The summed E-state index contributed by atoms with van der Waals surface area (Å²) < 4.78 is 31.7. The van der Waals surface area contributed by atoms with Crippen LogP contribution in [0.4, 0.5) is 13.2 Å². The molecule has 1 spiro atoms. The van der Waals surface area contributed by atoms with Crippen LogP contribution in [-0.2, 0) is 20.9 Å². The van der Waals surface area contributed by atoms with Gasteiger partial charge in [0.1, 0.15) is 0 Å². The highest BCUT2D eigenvalue weighted by Crippen LogP contribution is 2.42. The molecule has 1 N–H and O–H groups in total. The molecule has 182 valence electrons. The van der Waals surface area contributed by atoms with Crippen molar-refractivity contribution in [1.29, 1.82) is 0 Å². The van der Waals surface area contributed by atoms with Crippen LogP contribution in [0, 0.1) is 18.3 Å². The molecule has 0 bridgehead atoms. The van der Waals surface area contributed by atoms with Gasteiger partial charge >= 0.3 is 12.1 Å². The van der Waals surface area contributed by atoms with Gasteiger partial charge in [0.2, 0.25) is 11.8 Å². The molecule has 0 radical (unpaired) electrons. The van der Waals surface area contributed by atoms with E-state index in [9.17, 15) is 22.8 Å². The van der Waals surface area contributed by atoms with E-state index >= 15 is 0 Å². The maximum absolute atomic E-state index is 13.3. The number of alkyl halides is 3. The molecule has 1 saturated carbocycles. The Morgan fingerprint density at radius 3 is 2.33 bits per heavy atom. The lowest BCUT2D eigenvalue weighted by Crippen LogP contribution is -2.54. The van der Waals surface area contributed by atoms with Crippen molar-refractivity contribution in [1.82, 2.24) is 14.8 Å². The number of aromatic nitrogens is 1. The van der Waals surface area contributed by atoms with Gasteiger partial charge in [0.15, 0.2) is 0 Å². The lowest BCUT2D eigenvalue weighted by Gasteiger charge is -2.46. The normalized spacial score (nSPS) is 20.3. The first kappa shape index (κ1) is 25.0. The minimum Gasteiger partial charge on any atom is -0.475 e. The molecule has 0 aromatic carbocycles. The Hall–Kier alpha value is -2.65. The van der Waals surface area contributed by atoms with E-state index in [0.29, 0.717) is 24.8 Å². The summed E-state index contributed by atoms with van der Waals surface area (Å²) >= 11 is 0. The SMILES string of the molecule is Cc1cccc(CN2CCCC3(CCN(C(=O)CC4CC4)CC3)C2=O)n1.O=C(O)C(F)(F)F. The first-order valence-corrected chi connectivity index (χ1v) is 11.3.